The van der Waals surface area contributed by atoms with Gasteiger partial charge in [0.1, 0.15) is 0 Å². The third kappa shape index (κ3) is 2.89. The van der Waals surface area contributed by atoms with E-state index in [1.165, 1.54) is 10.8 Å². The molecule has 0 amide bonds. The maximum absolute atomic E-state index is 4.40. The Bertz CT molecular complexity index is 384. The number of benzene rings is 1. The minimum absolute atomic E-state index is 1.00. The third-order valence-corrected chi connectivity index (χ3v) is 3.58. The number of thioether (sulfide) groups is 1. The predicted octanol–water partition coefficient (Wildman–Crippen LogP) is 3.30. The Hall–Kier alpha value is -1.22. The van der Waals surface area contributed by atoms with Gasteiger partial charge in [-0.05, 0) is 25.1 Å². The summed E-state index contributed by atoms with van der Waals surface area (Å²) in [7, 11) is 0. The Morgan fingerprint density at radius 3 is 2.94 bits per heavy atom. The normalized spacial score (nSPS) is 18.8. The maximum Gasteiger partial charge on any atom is 0.0723 e. The average molecular weight is 232 g/mol. The summed E-state index contributed by atoms with van der Waals surface area (Å²) in [6.07, 6.45) is 4.00. The number of aliphatic imine (C=N–C) groups is 1. The van der Waals surface area contributed by atoms with Crippen LogP contribution < -0.4 is 0 Å². The summed E-state index contributed by atoms with van der Waals surface area (Å²) >= 11 is 1.91. The molecule has 1 aromatic rings. The smallest absolute Gasteiger partial charge is 0.0723 e. The van der Waals surface area contributed by atoms with Crippen LogP contribution in [0.1, 0.15) is 6.92 Å². The van der Waals surface area contributed by atoms with Gasteiger partial charge in [0, 0.05) is 25.1 Å². The summed E-state index contributed by atoms with van der Waals surface area (Å²) in [4.78, 5) is 6.77. The standard InChI is InChI=1S/C13H16N2S/c1-2-15-10-11-16-13(15)8-9-14-12-6-4-3-5-7-12/h3-9H,2,10-11H2,1H3. The molecular weight excluding hydrogens is 216 g/mol. The van der Waals surface area contributed by atoms with Crippen LogP contribution in [0.4, 0.5) is 5.69 Å². The SMILES string of the molecule is CCN1CCSC1=CC=Nc1ccccc1. The fourth-order valence-electron chi connectivity index (χ4n) is 1.63. The van der Waals surface area contributed by atoms with E-state index in [-0.39, 0.29) is 0 Å². The first-order valence-electron chi connectivity index (χ1n) is 5.57. The topological polar surface area (TPSA) is 15.6 Å². The van der Waals surface area contributed by atoms with E-state index in [1.807, 2.05) is 48.3 Å². The van der Waals surface area contributed by atoms with Gasteiger partial charge in [0.05, 0.1) is 10.7 Å². The molecule has 0 saturated carbocycles. The zero-order chi connectivity index (χ0) is 11.2. The third-order valence-electron chi connectivity index (χ3n) is 2.50. The van der Waals surface area contributed by atoms with Gasteiger partial charge in [-0.1, -0.05) is 18.2 Å². The second kappa shape index (κ2) is 5.75. The lowest BCUT2D eigenvalue weighted by molar-refractivity contribution is 0.426. The fourth-order valence-corrected chi connectivity index (χ4v) is 2.71. The van der Waals surface area contributed by atoms with Crippen LogP contribution in [0, 0.1) is 0 Å². The molecule has 0 bridgehead atoms. The number of hydrogen-bond donors (Lipinski definition) is 0. The van der Waals surface area contributed by atoms with Gasteiger partial charge in [-0.15, -0.1) is 11.8 Å². The van der Waals surface area contributed by atoms with Gasteiger partial charge >= 0.3 is 0 Å². The van der Waals surface area contributed by atoms with Gasteiger partial charge in [-0.3, -0.25) is 4.99 Å². The van der Waals surface area contributed by atoms with E-state index < -0.39 is 0 Å². The first kappa shape index (κ1) is 11.3. The number of rotatable bonds is 3. The van der Waals surface area contributed by atoms with Gasteiger partial charge in [0.25, 0.3) is 0 Å². The second-order valence-electron chi connectivity index (χ2n) is 3.55. The van der Waals surface area contributed by atoms with Crippen molar-refractivity contribution >= 4 is 23.7 Å². The van der Waals surface area contributed by atoms with E-state index in [4.69, 9.17) is 0 Å². The molecule has 0 aliphatic carbocycles. The molecule has 1 aromatic carbocycles. The molecule has 1 heterocycles. The first-order valence-corrected chi connectivity index (χ1v) is 6.56. The molecule has 0 unspecified atom stereocenters. The highest BCUT2D eigenvalue weighted by molar-refractivity contribution is 8.03. The Morgan fingerprint density at radius 2 is 2.19 bits per heavy atom. The monoisotopic (exact) mass is 232 g/mol. The number of para-hydroxylation sites is 1. The Balaban J connectivity index is 2.00. The molecule has 1 fully saturated rings. The summed E-state index contributed by atoms with van der Waals surface area (Å²) < 4.78 is 0. The molecule has 84 valence electrons. The molecule has 2 nitrogen and oxygen atoms in total. The highest BCUT2D eigenvalue weighted by Crippen LogP contribution is 2.26. The molecule has 1 aliphatic heterocycles. The summed E-state index contributed by atoms with van der Waals surface area (Å²) in [6.45, 7) is 4.43. The van der Waals surface area contributed by atoms with Crippen LogP contribution in [0.3, 0.4) is 0 Å². The van der Waals surface area contributed by atoms with E-state index in [2.05, 4.69) is 22.9 Å². The highest BCUT2D eigenvalue weighted by Gasteiger charge is 2.14. The molecule has 16 heavy (non-hydrogen) atoms. The van der Waals surface area contributed by atoms with E-state index in [0.29, 0.717) is 0 Å². The molecule has 3 heteroatoms. The van der Waals surface area contributed by atoms with Gasteiger partial charge in [-0.25, -0.2) is 0 Å². The number of hydrogen-bond acceptors (Lipinski definition) is 3. The minimum atomic E-state index is 1.00. The first-order chi connectivity index (χ1) is 7.90. The van der Waals surface area contributed by atoms with Gasteiger partial charge < -0.3 is 4.90 Å². The number of allylic oxidation sites excluding steroid dienone is 1. The number of nitrogens with zero attached hydrogens (tertiary/aromatic N) is 2. The van der Waals surface area contributed by atoms with Crippen molar-refractivity contribution in [1.29, 1.82) is 0 Å². The van der Waals surface area contributed by atoms with Gasteiger partial charge in [0.15, 0.2) is 0 Å². The molecule has 0 radical (unpaired) electrons. The molecule has 1 saturated heterocycles. The Kier molecular flexibility index (Phi) is 4.05. The molecule has 1 aliphatic rings. The summed E-state index contributed by atoms with van der Waals surface area (Å²) in [6, 6.07) is 10.0. The zero-order valence-corrected chi connectivity index (χ0v) is 10.3. The van der Waals surface area contributed by atoms with Gasteiger partial charge in [-0.2, -0.15) is 0 Å². The van der Waals surface area contributed by atoms with E-state index >= 15 is 0 Å². The van der Waals surface area contributed by atoms with Crippen LogP contribution in [0.25, 0.3) is 0 Å². The molecular formula is C13H16N2S. The van der Waals surface area contributed by atoms with Crippen LogP contribution >= 0.6 is 11.8 Å². The largest absolute Gasteiger partial charge is 0.366 e. The van der Waals surface area contributed by atoms with Crippen molar-refractivity contribution < 1.29 is 0 Å². The van der Waals surface area contributed by atoms with Crippen molar-refractivity contribution in [2.45, 2.75) is 6.92 Å². The lowest BCUT2D eigenvalue weighted by Crippen LogP contribution is -2.17. The van der Waals surface area contributed by atoms with Gasteiger partial charge in [0.2, 0.25) is 0 Å². The van der Waals surface area contributed by atoms with Crippen LogP contribution in [0.15, 0.2) is 46.4 Å². The van der Waals surface area contributed by atoms with Crippen molar-refractivity contribution in [1.82, 2.24) is 4.90 Å². The second-order valence-corrected chi connectivity index (χ2v) is 4.66. The van der Waals surface area contributed by atoms with E-state index in [1.54, 1.807) is 0 Å². The van der Waals surface area contributed by atoms with Crippen LogP contribution in [-0.2, 0) is 0 Å². The van der Waals surface area contributed by atoms with Crippen molar-refractivity contribution in [3.05, 3.63) is 41.4 Å². The molecule has 2 rings (SSSR count). The van der Waals surface area contributed by atoms with Crippen molar-refractivity contribution in [2.24, 2.45) is 4.99 Å². The minimum Gasteiger partial charge on any atom is -0.366 e. The van der Waals surface area contributed by atoms with Crippen LogP contribution in [0.5, 0.6) is 0 Å². The Morgan fingerprint density at radius 1 is 1.38 bits per heavy atom. The highest BCUT2D eigenvalue weighted by atomic mass is 32.2. The average Bonchev–Trinajstić information content (AvgIpc) is 2.78. The Labute approximate surface area is 101 Å². The van der Waals surface area contributed by atoms with Crippen molar-refractivity contribution in [3.8, 4) is 0 Å². The lowest BCUT2D eigenvalue weighted by Gasteiger charge is -2.14. The molecule has 0 atom stereocenters. The van der Waals surface area contributed by atoms with Crippen LogP contribution in [-0.4, -0.2) is 30.0 Å². The van der Waals surface area contributed by atoms with Crippen LogP contribution in [0.2, 0.25) is 0 Å². The maximum atomic E-state index is 4.40. The van der Waals surface area contributed by atoms with E-state index in [0.717, 1.165) is 18.8 Å². The van der Waals surface area contributed by atoms with E-state index in [9.17, 15) is 0 Å². The quantitative estimate of drug-likeness (QED) is 0.743. The molecule has 0 aromatic heterocycles. The molecule has 0 spiro atoms. The molecule has 0 N–H and O–H groups in total. The summed E-state index contributed by atoms with van der Waals surface area (Å²) in [5.41, 5.74) is 1.00. The van der Waals surface area contributed by atoms with Crippen molar-refractivity contribution in [2.75, 3.05) is 18.8 Å². The summed E-state index contributed by atoms with van der Waals surface area (Å²) in [5.74, 6) is 1.19. The predicted molar refractivity (Wildman–Crippen MR) is 72.4 cm³/mol. The zero-order valence-electron chi connectivity index (χ0n) is 9.47. The summed E-state index contributed by atoms with van der Waals surface area (Å²) in [5, 5.41) is 1.34. The fraction of sp³-hybridized carbons (Fsp3) is 0.308. The lowest BCUT2D eigenvalue weighted by atomic mass is 10.3. The van der Waals surface area contributed by atoms with Crippen molar-refractivity contribution in [3.63, 3.8) is 0 Å².